The number of phenolic OH excluding ortho intramolecular Hbond substituents is 1. The monoisotopic (exact) mass is 709 g/mol. The van der Waals surface area contributed by atoms with Crippen LogP contribution in [-0.2, 0) is 31.0 Å². The van der Waals surface area contributed by atoms with Crippen LogP contribution < -0.4 is 5.32 Å². The molecule has 18 heteroatoms. The number of carbonyl (C=O) groups excluding carboxylic acids is 4. The quantitative estimate of drug-likeness (QED) is 0.160. The van der Waals surface area contributed by atoms with Crippen LogP contribution in [0.5, 0.6) is 11.5 Å². The lowest BCUT2D eigenvalue weighted by molar-refractivity contribution is -0.129. The number of carboxylic acids is 1. The third-order valence-corrected chi connectivity index (χ3v) is 9.85. The number of carboxylic acid groups (broad SMARTS) is 1. The molecule has 1 saturated heterocycles. The van der Waals surface area contributed by atoms with Crippen molar-refractivity contribution in [2.24, 2.45) is 10.3 Å². The van der Waals surface area contributed by atoms with E-state index in [-0.39, 0.29) is 16.8 Å². The minimum Gasteiger partial charge on any atom is -0.507 e. The number of benzene rings is 2. The number of oxime groups is 2. The maximum Gasteiger partial charge on any atom is 0.339 e. The fourth-order valence-electron chi connectivity index (χ4n) is 7.67. The molecule has 7 N–H and O–H groups in total. The first-order valence-corrected chi connectivity index (χ1v) is 15.2. The summed E-state index contributed by atoms with van der Waals surface area (Å²) >= 11 is 0. The first-order valence-electron chi connectivity index (χ1n) is 15.2. The van der Waals surface area contributed by atoms with E-state index in [2.05, 4.69) is 15.6 Å². The zero-order valence-electron chi connectivity index (χ0n) is 27.5. The Labute approximate surface area is 287 Å². The highest BCUT2D eigenvalue weighted by Crippen LogP contribution is 2.55. The number of hydrogen-bond acceptors (Lipinski definition) is 17. The standard InChI is InChI=1S/C33H31N3O15/c1-10-6-12-7-17(35-46)33(50-5)29(42)20-14(28(41)32(33,45)21(12)25(40)18(10)31(43)44)8-13-19(24(20)39)16(37)9-15(23(13)38)34-30-27(49-4)22(36-47)26(48-3)11(2)51-30/h6,8-9,11,26-27,30,34,39-40,45-47H,7H2,1-5H3,(H,43,44)/b35-17?,36-22-. The van der Waals surface area contributed by atoms with Crippen molar-refractivity contribution in [1.29, 1.82) is 0 Å². The summed E-state index contributed by atoms with van der Waals surface area (Å²) in [6.07, 6.45) is -3.71. The second-order valence-corrected chi connectivity index (χ2v) is 12.3. The molecule has 1 heterocycles. The van der Waals surface area contributed by atoms with E-state index in [0.29, 0.717) is 0 Å². The number of fused-ring (bicyclic) bond motifs is 5. The van der Waals surface area contributed by atoms with Crippen LogP contribution in [0.25, 0.3) is 0 Å². The number of hydrogen-bond donors (Lipinski definition) is 7. The van der Waals surface area contributed by atoms with Crippen LogP contribution in [0, 0.1) is 6.92 Å². The van der Waals surface area contributed by atoms with Crippen molar-refractivity contribution < 1.29 is 73.8 Å². The SMILES string of the molecule is COC1/C(=N/O)C(OC)C(NC2=CC(=O)c3c(cc4c(c3O)C(=O)C3(OC)C(=NO)Cc5cc(C)c(C(=O)O)c(O)c5C3(O)C4=O)C2=O)OC1C. The number of nitrogens with one attached hydrogen (secondary N) is 1. The van der Waals surface area contributed by atoms with Crippen LogP contribution in [-0.4, -0.2) is 123 Å². The Hall–Kier alpha value is -5.53. The number of phenols is 2. The smallest absolute Gasteiger partial charge is 0.339 e. The van der Waals surface area contributed by atoms with E-state index in [0.717, 1.165) is 19.3 Å². The molecule has 2 aromatic carbocycles. The van der Waals surface area contributed by atoms with Gasteiger partial charge in [0.25, 0.3) is 0 Å². The maximum absolute atomic E-state index is 14.6. The molecule has 3 aliphatic carbocycles. The van der Waals surface area contributed by atoms with Crippen molar-refractivity contribution in [3.63, 3.8) is 0 Å². The third kappa shape index (κ3) is 4.44. The highest BCUT2D eigenvalue weighted by Gasteiger charge is 2.72. The molecule has 0 bridgehead atoms. The number of aromatic carboxylic acids is 1. The number of carbonyl (C=O) groups is 5. The summed E-state index contributed by atoms with van der Waals surface area (Å²) < 4.78 is 22.1. The number of ketones is 4. The van der Waals surface area contributed by atoms with Crippen molar-refractivity contribution in [2.75, 3.05) is 21.3 Å². The van der Waals surface area contributed by atoms with E-state index >= 15 is 0 Å². The van der Waals surface area contributed by atoms with E-state index in [9.17, 15) is 54.8 Å². The van der Waals surface area contributed by atoms with Gasteiger partial charge in [-0.2, -0.15) is 0 Å². The van der Waals surface area contributed by atoms with Crippen molar-refractivity contribution in [1.82, 2.24) is 5.32 Å². The van der Waals surface area contributed by atoms with Gasteiger partial charge in [0, 0.05) is 50.5 Å². The van der Waals surface area contributed by atoms with Gasteiger partial charge in [-0.25, -0.2) is 4.79 Å². The van der Waals surface area contributed by atoms with Gasteiger partial charge >= 0.3 is 5.97 Å². The number of ether oxygens (including phenoxy) is 4. The van der Waals surface area contributed by atoms with Crippen molar-refractivity contribution in [2.45, 2.75) is 56.0 Å². The zero-order valence-corrected chi connectivity index (χ0v) is 27.5. The molecule has 0 radical (unpaired) electrons. The predicted octanol–water partition coefficient (Wildman–Crippen LogP) is 0.600. The average molecular weight is 710 g/mol. The van der Waals surface area contributed by atoms with Crippen molar-refractivity contribution >= 4 is 40.5 Å². The number of methoxy groups -OCH3 is 3. The number of aromatic hydroxyl groups is 2. The van der Waals surface area contributed by atoms with Gasteiger partial charge < -0.3 is 55.1 Å². The van der Waals surface area contributed by atoms with Crippen LogP contribution in [0.3, 0.4) is 0 Å². The fraction of sp³-hybridized carbons (Fsp3) is 0.364. The van der Waals surface area contributed by atoms with Gasteiger partial charge in [-0.05, 0) is 31.0 Å². The second-order valence-electron chi connectivity index (χ2n) is 12.3. The lowest BCUT2D eigenvalue weighted by atomic mass is 9.57. The highest BCUT2D eigenvalue weighted by molar-refractivity contribution is 6.36. The maximum atomic E-state index is 14.6. The van der Waals surface area contributed by atoms with E-state index in [4.69, 9.17) is 18.9 Å². The molecule has 6 rings (SSSR count). The molecule has 6 unspecified atom stereocenters. The molecule has 268 valence electrons. The summed E-state index contributed by atoms with van der Waals surface area (Å²) in [5, 5.41) is 73.9. The summed E-state index contributed by atoms with van der Waals surface area (Å²) in [5.41, 5.74) is -11.9. The minimum atomic E-state index is -3.34. The van der Waals surface area contributed by atoms with Crippen LogP contribution in [0.4, 0.5) is 0 Å². The Bertz CT molecular complexity index is 2070. The zero-order chi connectivity index (χ0) is 37.5. The first kappa shape index (κ1) is 35.3. The first-order chi connectivity index (χ1) is 24.1. The summed E-state index contributed by atoms with van der Waals surface area (Å²) in [6, 6.07) is 2.01. The second kappa shape index (κ2) is 12.1. The Balaban J connectivity index is 1.53. The van der Waals surface area contributed by atoms with Crippen molar-refractivity contribution in [3.05, 3.63) is 68.4 Å². The largest absolute Gasteiger partial charge is 0.507 e. The van der Waals surface area contributed by atoms with Gasteiger partial charge in [0.15, 0.2) is 17.6 Å². The number of rotatable bonds is 6. The lowest BCUT2D eigenvalue weighted by Crippen LogP contribution is -2.71. The molecular formula is C33H31N3O15. The van der Waals surface area contributed by atoms with E-state index in [1.54, 1.807) is 6.92 Å². The lowest BCUT2D eigenvalue weighted by Gasteiger charge is -2.50. The van der Waals surface area contributed by atoms with Gasteiger partial charge in [-0.15, -0.1) is 0 Å². The average Bonchev–Trinajstić information content (AvgIpc) is 3.08. The highest BCUT2D eigenvalue weighted by atomic mass is 16.6. The fourth-order valence-corrected chi connectivity index (χ4v) is 7.67. The van der Waals surface area contributed by atoms with Crippen LogP contribution in [0.1, 0.15) is 75.4 Å². The molecule has 4 aliphatic rings. The van der Waals surface area contributed by atoms with Crippen LogP contribution in [0.2, 0.25) is 0 Å². The molecule has 1 fully saturated rings. The number of allylic oxidation sites excluding steroid dienone is 2. The molecule has 6 atom stereocenters. The summed E-state index contributed by atoms with van der Waals surface area (Å²) in [4.78, 5) is 68.7. The number of aliphatic hydroxyl groups is 1. The van der Waals surface area contributed by atoms with Crippen LogP contribution >= 0.6 is 0 Å². The van der Waals surface area contributed by atoms with E-state index < -0.39 is 128 Å². The Morgan fingerprint density at radius 3 is 2.20 bits per heavy atom. The van der Waals surface area contributed by atoms with Gasteiger partial charge in [-0.1, -0.05) is 16.4 Å². The molecule has 0 spiro atoms. The Kier molecular flexibility index (Phi) is 8.35. The van der Waals surface area contributed by atoms with E-state index in [1.807, 2.05) is 0 Å². The summed E-state index contributed by atoms with van der Waals surface area (Å²) in [7, 11) is 3.48. The minimum absolute atomic E-state index is 0.000539. The van der Waals surface area contributed by atoms with Gasteiger partial charge in [0.05, 0.1) is 22.9 Å². The number of Topliss-reactive ketones (excluding diaryl/α,β-unsaturated/α-hetero) is 3. The van der Waals surface area contributed by atoms with E-state index in [1.165, 1.54) is 27.2 Å². The Morgan fingerprint density at radius 2 is 1.63 bits per heavy atom. The summed E-state index contributed by atoms with van der Waals surface area (Å²) in [6.45, 7) is 2.92. The Morgan fingerprint density at radius 1 is 0.961 bits per heavy atom. The molecule has 1 aliphatic heterocycles. The van der Waals surface area contributed by atoms with Gasteiger partial charge in [-0.3, -0.25) is 19.2 Å². The third-order valence-electron chi connectivity index (χ3n) is 9.85. The topological polar surface area (TPSA) is 280 Å². The summed E-state index contributed by atoms with van der Waals surface area (Å²) in [5.74, 6) is -8.73. The molecule has 2 aromatic rings. The van der Waals surface area contributed by atoms with Gasteiger partial charge in [0.1, 0.15) is 40.7 Å². The molecule has 0 saturated carbocycles. The predicted molar refractivity (Wildman–Crippen MR) is 168 cm³/mol. The molecule has 18 nitrogen and oxygen atoms in total. The molecular weight excluding hydrogens is 678 g/mol. The van der Waals surface area contributed by atoms with Crippen molar-refractivity contribution in [3.8, 4) is 11.5 Å². The van der Waals surface area contributed by atoms with Gasteiger partial charge in [0.2, 0.25) is 23.0 Å². The molecule has 0 amide bonds. The van der Waals surface area contributed by atoms with Crippen LogP contribution in [0.15, 0.2) is 34.2 Å². The number of aryl methyl sites for hydroxylation is 1. The number of nitrogens with zero attached hydrogens (tertiary/aromatic N) is 2. The normalized spacial score (nSPS) is 30.0. The molecule has 51 heavy (non-hydrogen) atoms. The molecule has 0 aromatic heterocycles.